The molecule has 0 amide bonds. The minimum absolute atomic E-state index is 0.494. The second-order valence-electron chi connectivity index (χ2n) is 5.32. The van der Waals surface area contributed by atoms with Crippen LogP contribution < -0.4 is 0 Å². The van der Waals surface area contributed by atoms with Gasteiger partial charge in [0, 0.05) is 0 Å². The lowest BCUT2D eigenvalue weighted by atomic mass is 10.0. The second-order valence-corrected chi connectivity index (χ2v) is 5.67. The van der Waals surface area contributed by atoms with Crippen molar-refractivity contribution in [2.24, 2.45) is 0 Å². The molecule has 3 aromatic rings. The van der Waals surface area contributed by atoms with Crippen LogP contribution in [-0.4, -0.2) is 4.57 Å². The Morgan fingerprint density at radius 1 is 1.10 bits per heavy atom. The molecule has 0 radical (unpaired) electrons. The molecule has 0 saturated carbocycles. The van der Waals surface area contributed by atoms with E-state index in [1.807, 2.05) is 24.3 Å². The Morgan fingerprint density at radius 2 is 1.85 bits per heavy atom. The summed E-state index contributed by atoms with van der Waals surface area (Å²) >= 11 is 5.36. The van der Waals surface area contributed by atoms with Crippen LogP contribution in [0.25, 0.3) is 11.1 Å². The molecule has 0 bridgehead atoms. The predicted octanol–water partition coefficient (Wildman–Crippen LogP) is 5.14. The van der Waals surface area contributed by atoms with Gasteiger partial charge in [-0.2, -0.15) is 0 Å². The van der Waals surface area contributed by atoms with Gasteiger partial charge in [-0.1, -0.05) is 50.2 Å². The fraction of sp³-hybridized carbons (Fsp3) is 0.235. The van der Waals surface area contributed by atoms with Crippen molar-refractivity contribution in [1.82, 2.24) is 4.57 Å². The summed E-state index contributed by atoms with van der Waals surface area (Å²) in [4.78, 5) is 0.532. The van der Waals surface area contributed by atoms with Gasteiger partial charge < -0.3 is 4.42 Å². The standard InChI is InChI=1S/C17H17NOS/c1-12(2)14-8-9-16-15(10-14)18(17(20)19-16)11-13-6-4-3-5-7-13/h3-10,12H,11H2,1-2H3. The summed E-state index contributed by atoms with van der Waals surface area (Å²) in [5.74, 6) is 0.494. The number of fused-ring (bicyclic) bond motifs is 1. The monoisotopic (exact) mass is 283 g/mol. The van der Waals surface area contributed by atoms with E-state index >= 15 is 0 Å². The maximum atomic E-state index is 5.68. The smallest absolute Gasteiger partial charge is 0.269 e. The van der Waals surface area contributed by atoms with E-state index in [-0.39, 0.29) is 0 Å². The summed E-state index contributed by atoms with van der Waals surface area (Å²) in [6.45, 7) is 5.13. The molecule has 1 aromatic heterocycles. The Kier molecular flexibility index (Phi) is 3.45. The Bertz CT molecular complexity index is 784. The molecule has 0 aliphatic carbocycles. The first-order valence-electron chi connectivity index (χ1n) is 6.82. The number of aromatic nitrogens is 1. The van der Waals surface area contributed by atoms with E-state index in [1.165, 1.54) is 11.1 Å². The molecule has 0 unspecified atom stereocenters. The van der Waals surface area contributed by atoms with E-state index in [1.54, 1.807) is 0 Å². The maximum absolute atomic E-state index is 5.68. The van der Waals surface area contributed by atoms with Crippen LogP contribution in [0.1, 0.15) is 30.9 Å². The highest BCUT2D eigenvalue weighted by Crippen LogP contribution is 2.24. The van der Waals surface area contributed by atoms with Gasteiger partial charge in [-0.3, -0.25) is 4.57 Å². The van der Waals surface area contributed by atoms with Gasteiger partial charge in [0.25, 0.3) is 4.84 Å². The number of oxazole rings is 1. The summed E-state index contributed by atoms with van der Waals surface area (Å²) in [5, 5.41) is 0. The average Bonchev–Trinajstić information content (AvgIpc) is 2.75. The van der Waals surface area contributed by atoms with Crippen LogP contribution >= 0.6 is 12.2 Å². The van der Waals surface area contributed by atoms with E-state index in [0.29, 0.717) is 10.8 Å². The molecule has 0 saturated heterocycles. The largest absolute Gasteiger partial charge is 0.429 e. The molecule has 2 nitrogen and oxygen atoms in total. The third kappa shape index (κ3) is 2.41. The van der Waals surface area contributed by atoms with E-state index < -0.39 is 0 Å². The Labute approximate surface area is 123 Å². The van der Waals surface area contributed by atoms with Gasteiger partial charge in [0.2, 0.25) is 0 Å². The van der Waals surface area contributed by atoms with Crippen molar-refractivity contribution in [3.8, 4) is 0 Å². The van der Waals surface area contributed by atoms with Gasteiger partial charge in [-0.05, 0) is 41.4 Å². The lowest BCUT2D eigenvalue weighted by molar-refractivity contribution is 0.548. The van der Waals surface area contributed by atoms with Crippen LogP contribution in [0, 0.1) is 4.84 Å². The quantitative estimate of drug-likeness (QED) is 0.620. The molecule has 0 aliphatic heterocycles. The zero-order valence-electron chi connectivity index (χ0n) is 11.7. The summed E-state index contributed by atoms with van der Waals surface area (Å²) in [5.41, 5.74) is 4.46. The lowest BCUT2D eigenvalue weighted by Crippen LogP contribution is -1.99. The number of hydrogen-bond acceptors (Lipinski definition) is 2. The van der Waals surface area contributed by atoms with Crippen molar-refractivity contribution in [2.75, 3.05) is 0 Å². The van der Waals surface area contributed by atoms with Gasteiger partial charge in [0.1, 0.15) is 0 Å². The SMILES string of the molecule is CC(C)c1ccc2oc(=S)n(Cc3ccccc3)c2c1. The zero-order chi connectivity index (χ0) is 14.1. The van der Waals surface area contributed by atoms with Crippen LogP contribution in [0.3, 0.4) is 0 Å². The van der Waals surface area contributed by atoms with Crippen molar-refractivity contribution in [1.29, 1.82) is 0 Å². The van der Waals surface area contributed by atoms with E-state index in [2.05, 4.69) is 42.7 Å². The van der Waals surface area contributed by atoms with Crippen molar-refractivity contribution in [2.45, 2.75) is 26.3 Å². The van der Waals surface area contributed by atoms with Gasteiger partial charge >= 0.3 is 0 Å². The molecule has 0 fully saturated rings. The number of nitrogens with zero attached hydrogens (tertiary/aromatic N) is 1. The number of rotatable bonds is 3. The third-order valence-corrected chi connectivity index (χ3v) is 3.85. The van der Waals surface area contributed by atoms with Crippen LogP contribution in [0.15, 0.2) is 52.9 Å². The fourth-order valence-electron chi connectivity index (χ4n) is 2.35. The van der Waals surface area contributed by atoms with Crippen molar-refractivity contribution >= 4 is 23.3 Å². The second kappa shape index (κ2) is 5.25. The molecule has 3 rings (SSSR count). The van der Waals surface area contributed by atoms with E-state index in [4.69, 9.17) is 16.6 Å². The fourth-order valence-corrected chi connectivity index (χ4v) is 2.61. The van der Waals surface area contributed by atoms with Crippen LogP contribution in [0.5, 0.6) is 0 Å². The minimum atomic E-state index is 0.494. The molecular formula is C17H17NOS. The van der Waals surface area contributed by atoms with E-state index in [9.17, 15) is 0 Å². The minimum Gasteiger partial charge on any atom is -0.429 e. The highest BCUT2D eigenvalue weighted by Gasteiger charge is 2.09. The first-order chi connectivity index (χ1) is 9.65. The molecule has 2 aromatic carbocycles. The van der Waals surface area contributed by atoms with Gasteiger partial charge in [-0.25, -0.2) is 0 Å². The highest BCUT2D eigenvalue weighted by atomic mass is 32.1. The maximum Gasteiger partial charge on any atom is 0.269 e. The van der Waals surface area contributed by atoms with Crippen molar-refractivity contribution in [3.63, 3.8) is 0 Å². The zero-order valence-corrected chi connectivity index (χ0v) is 12.5. The molecule has 20 heavy (non-hydrogen) atoms. The number of benzene rings is 2. The Hall–Kier alpha value is -1.87. The van der Waals surface area contributed by atoms with Crippen molar-refractivity contribution in [3.05, 3.63) is 64.5 Å². The van der Waals surface area contributed by atoms with Crippen molar-refractivity contribution < 1.29 is 4.42 Å². The molecule has 0 aliphatic rings. The summed E-state index contributed by atoms with van der Waals surface area (Å²) < 4.78 is 7.75. The number of hydrogen-bond donors (Lipinski definition) is 0. The highest BCUT2D eigenvalue weighted by molar-refractivity contribution is 7.71. The lowest BCUT2D eigenvalue weighted by Gasteiger charge is -2.07. The molecule has 1 heterocycles. The van der Waals surface area contributed by atoms with Crippen LogP contribution in [0.4, 0.5) is 0 Å². The van der Waals surface area contributed by atoms with Crippen LogP contribution in [0.2, 0.25) is 0 Å². The normalized spacial score (nSPS) is 11.3. The van der Waals surface area contributed by atoms with Gasteiger partial charge in [0.05, 0.1) is 12.1 Å². The summed E-state index contributed by atoms with van der Waals surface area (Å²) in [7, 11) is 0. The van der Waals surface area contributed by atoms with E-state index in [0.717, 1.165) is 17.6 Å². The van der Waals surface area contributed by atoms with Crippen LogP contribution in [-0.2, 0) is 6.54 Å². The molecule has 0 atom stereocenters. The topological polar surface area (TPSA) is 18.1 Å². The summed E-state index contributed by atoms with van der Waals surface area (Å²) in [6.07, 6.45) is 0. The molecule has 102 valence electrons. The third-order valence-electron chi connectivity index (χ3n) is 3.54. The molecule has 0 N–H and O–H groups in total. The Balaban J connectivity index is 2.12. The average molecular weight is 283 g/mol. The molecule has 0 spiro atoms. The Morgan fingerprint density at radius 3 is 2.55 bits per heavy atom. The predicted molar refractivity (Wildman–Crippen MR) is 84.7 cm³/mol. The summed E-state index contributed by atoms with van der Waals surface area (Å²) in [6, 6.07) is 16.6. The van der Waals surface area contributed by atoms with Gasteiger partial charge in [-0.15, -0.1) is 0 Å². The molecular weight excluding hydrogens is 266 g/mol. The van der Waals surface area contributed by atoms with Gasteiger partial charge in [0.15, 0.2) is 5.58 Å². The first kappa shape index (κ1) is 13.1. The molecule has 3 heteroatoms. The first-order valence-corrected chi connectivity index (χ1v) is 7.23.